The molecule has 2 rings (SSSR count). The molecule has 0 unspecified atom stereocenters. The molecule has 29 heavy (non-hydrogen) atoms. The van der Waals surface area contributed by atoms with Crippen LogP contribution in [0.2, 0.25) is 0 Å². The average Bonchev–Trinajstić information content (AvgIpc) is 2.72. The van der Waals surface area contributed by atoms with Gasteiger partial charge < -0.3 is 19.7 Å². The van der Waals surface area contributed by atoms with E-state index in [1.165, 1.54) is 6.08 Å². The van der Waals surface area contributed by atoms with Crippen molar-refractivity contribution in [3.8, 4) is 11.8 Å². The Kier molecular flexibility index (Phi) is 7.80. The number of anilines is 2. The van der Waals surface area contributed by atoms with Crippen molar-refractivity contribution in [2.24, 2.45) is 0 Å². The molecule has 150 valence electrons. The normalized spacial score (nSPS) is 10.6. The Labute approximate surface area is 170 Å². The number of nitrogens with zero attached hydrogens (tertiary/aromatic N) is 2. The second-order valence-corrected chi connectivity index (χ2v) is 6.24. The second-order valence-electron chi connectivity index (χ2n) is 6.24. The van der Waals surface area contributed by atoms with Crippen LogP contribution in [0.5, 0.6) is 5.75 Å². The first-order chi connectivity index (χ1) is 13.9. The summed E-state index contributed by atoms with van der Waals surface area (Å²) >= 11 is 0. The van der Waals surface area contributed by atoms with Crippen LogP contribution in [-0.4, -0.2) is 39.2 Å². The Morgan fingerprint density at radius 1 is 1.10 bits per heavy atom. The van der Waals surface area contributed by atoms with Gasteiger partial charge in [0.15, 0.2) is 6.61 Å². The van der Waals surface area contributed by atoms with E-state index in [4.69, 9.17) is 9.47 Å². The van der Waals surface area contributed by atoms with Gasteiger partial charge in [-0.05, 0) is 55.0 Å². The van der Waals surface area contributed by atoms with E-state index in [2.05, 4.69) is 5.32 Å². The molecule has 0 aliphatic heterocycles. The highest BCUT2D eigenvalue weighted by Gasteiger charge is 2.13. The monoisotopic (exact) mass is 393 g/mol. The standard InChI is InChI=1S/C22H23N3O4/c1-4-28-20-11-7-18(8-12-20)24-21(26)15-29-22(27)17(14-23)13-16-5-9-19(10-6-16)25(2)3/h5-13H,4,15H2,1-3H3,(H,24,26)/b17-13+. The maximum absolute atomic E-state index is 12.1. The van der Waals surface area contributed by atoms with Gasteiger partial charge in [0.05, 0.1) is 6.61 Å². The van der Waals surface area contributed by atoms with E-state index in [1.54, 1.807) is 36.4 Å². The Bertz CT molecular complexity index is 911. The smallest absolute Gasteiger partial charge is 0.349 e. The topological polar surface area (TPSA) is 91.7 Å². The minimum absolute atomic E-state index is 0.184. The molecular formula is C22H23N3O4. The van der Waals surface area contributed by atoms with Crippen LogP contribution in [0, 0.1) is 11.3 Å². The molecular weight excluding hydrogens is 370 g/mol. The fourth-order valence-electron chi connectivity index (χ4n) is 2.38. The van der Waals surface area contributed by atoms with Crippen molar-refractivity contribution in [3.63, 3.8) is 0 Å². The first-order valence-corrected chi connectivity index (χ1v) is 9.02. The van der Waals surface area contributed by atoms with Crippen molar-refractivity contribution in [1.29, 1.82) is 5.26 Å². The molecule has 0 aromatic heterocycles. The van der Waals surface area contributed by atoms with Gasteiger partial charge in [0.2, 0.25) is 0 Å². The fourth-order valence-corrected chi connectivity index (χ4v) is 2.38. The minimum atomic E-state index is -0.856. The summed E-state index contributed by atoms with van der Waals surface area (Å²) in [6.45, 7) is 1.94. The number of hydrogen-bond donors (Lipinski definition) is 1. The largest absolute Gasteiger partial charge is 0.494 e. The van der Waals surface area contributed by atoms with Gasteiger partial charge in [-0.25, -0.2) is 4.79 Å². The summed E-state index contributed by atoms with van der Waals surface area (Å²) in [7, 11) is 3.84. The number of nitrogens with one attached hydrogen (secondary N) is 1. The highest BCUT2D eigenvalue weighted by Crippen LogP contribution is 2.16. The number of ether oxygens (including phenoxy) is 2. The number of esters is 1. The first kappa shape index (κ1) is 21.5. The van der Waals surface area contributed by atoms with Gasteiger partial charge in [-0.15, -0.1) is 0 Å². The van der Waals surface area contributed by atoms with Crippen molar-refractivity contribution in [2.75, 3.05) is 37.5 Å². The maximum Gasteiger partial charge on any atom is 0.349 e. The molecule has 1 amide bonds. The number of nitriles is 1. The summed E-state index contributed by atoms with van der Waals surface area (Å²) in [5.74, 6) is -0.666. The SMILES string of the molecule is CCOc1ccc(NC(=O)COC(=O)/C(C#N)=C/c2ccc(N(C)C)cc2)cc1. The molecule has 0 saturated heterocycles. The van der Waals surface area contributed by atoms with E-state index < -0.39 is 18.5 Å². The molecule has 0 aliphatic rings. The van der Waals surface area contributed by atoms with Crippen molar-refractivity contribution in [2.45, 2.75) is 6.92 Å². The van der Waals surface area contributed by atoms with E-state index in [9.17, 15) is 14.9 Å². The van der Waals surface area contributed by atoms with Crippen LogP contribution in [0.15, 0.2) is 54.1 Å². The lowest BCUT2D eigenvalue weighted by molar-refractivity contribution is -0.142. The van der Waals surface area contributed by atoms with Crippen LogP contribution in [0.4, 0.5) is 11.4 Å². The summed E-state index contributed by atoms with van der Waals surface area (Å²) in [5, 5.41) is 11.8. The molecule has 0 atom stereocenters. The van der Waals surface area contributed by atoms with Gasteiger partial charge in [-0.1, -0.05) is 12.1 Å². The minimum Gasteiger partial charge on any atom is -0.494 e. The molecule has 0 spiro atoms. The molecule has 0 aliphatic carbocycles. The Morgan fingerprint density at radius 3 is 2.31 bits per heavy atom. The van der Waals surface area contributed by atoms with Gasteiger partial charge in [-0.3, -0.25) is 4.79 Å². The molecule has 0 fully saturated rings. The van der Waals surface area contributed by atoms with Gasteiger partial charge >= 0.3 is 5.97 Å². The van der Waals surface area contributed by atoms with Gasteiger partial charge in [0, 0.05) is 25.5 Å². The summed E-state index contributed by atoms with van der Waals surface area (Å²) in [4.78, 5) is 26.0. The quantitative estimate of drug-likeness (QED) is 0.421. The number of amides is 1. The molecule has 0 bridgehead atoms. The Balaban J connectivity index is 1.91. The Hall–Kier alpha value is -3.79. The molecule has 2 aromatic carbocycles. The van der Waals surface area contributed by atoms with Crippen molar-refractivity contribution < 1.29 is 19.1 Å². The molecule has 2 aromatic rings. The van der Waals surface area contributed by atoms with Crippen molar-refractivity contribution in [1.82, 2.24) is 0 Å². The van der Waals surface area contributed by atoms with Crippen molar-refractivity contribution >= 4 is 29.3 Å². The van der Waals surface area contributed by atoms with E-state index in [-0.39, 0.29) is 5.57 Å². The zero-order valence-electron chi connectivity index (χ0n) is 16.6. The zero-order valence-corrected chi connectivity index (χ0v) is 16.6. The molecule has 0 radical (unpaired) electrons. The summed E-state index contributed by atoms with van der Waals surface area (Å²) < 4.78 is 10.3. The van der Waals surface area contributed by atoms with E-state index in [1.807, 2.05) is 44.1 Å². The Morgan fingerprint density at radius 2 is 1.76 bits per heavy atom. The van der Waals surface area contributed by atoms with Gasteiger partial charge in [0.1, 0.15) is 17.4 Å². The van der Waals surface area contributed by atoms with Gasteiger partial charge in [0.25, 0.3) is 5.91 Å². The van der Waals surface area contributed by atoms with Crippen LogP contribution in [0.3, 0.4) is 0 Å². The van der Waals surface area contributed by atoms with Crippen molar-refractivity contribution in [3.05, 3.63) is 59.7 Å². The average molecular weight is 393 g/mol. The molecule has 1 N–H and O–H groups in total. The highest BCUT2D eigenvalue weighted by molar-refractivity contribution is 6.00. The predicted molar refractivity (Wildman–Crippen MR) is 112 cm³/mol. The summed E-state index contributed by atoms with van der Waals surface area (Å²) in [5.41, 5.74) is 2.04. The number of hydrogen-bond acceptors (Lipinski definition) is 6. The lowest BCUT2D eigenvalue weighted by Crippen LogP contribution is -2.21. The van der Waals surface area contributed by atoms with Gasteiger partial charge in [-0.2, -0.15) is 5.26 Å². The van der Waals surface area contributed by atoms with Crippen LogP contribution in [-0.2, 0) is 14.3 Å². The van der Waals surface area contributed by atoms with Crippen LogP contribution >= 0.6 is 0 Å². The third-order valence-corrected chi connectivity index (χ3v) is 3.84. The molecule has 0 heterocycles. The molecule has 7 heteroatoms. The fraction of sp³-hybridized carbons (Fsp3) is 0.227. The number of carbonyl (C=O) groups excluding carboxylic acids is 2. The third-order valence-electron chi connectivity index (χ3n) is 3.84. The van der Waals surface area contributed by atoms with E-state index in [0.29, 0.717) is 23.6 Å². The summed E-state index contributed by atoms with van der Waals surface area (Å²) in [6, 6.07) is 16.0. The molecule has 7 nitrogen and oxygen atoms in total. The van der Waals surface area contributed by atoms with Crippen LogP contribution < -0.4 is 15.0 Å². The third kappa shape index (κ3) is 6.70. The zero-order chi connectivity index (χ0) is 21.2. The lowest BCUT2D eigenvalue weighted by Gasteiger charge is -2.11. The summed E-state index contributed by atoms with van der Waals surface area (Å²) in [6.07, 6.45) is 1.42. The maximum atomic E-state index is 12.1. The number of benzene rings is 2. The second kappa shape index (κ2) is 10.5. The van der Waals surface area contributed by atoms with Crippen LogP contribution in [0.1, 0.15) is 12.5 Å². The highest BCUT2D eigenvalue weighted by atomic mass is 16.5. The number of rotatable bonds is 8. The van der Waals surface area contributed by atoms with E-state index in [0.717, 1.165) is 5.69 Å². The van der Waals surface area contributed by atoms with E-state index >= 15 is 0 Å². The lowest BCUT2D eigenvalue weighted by atomic mass is 10.1. The van der Waals surface area contributed by atoms with Crippen LogP contribution in [0.25, 0.3) is 6.08 Å². The molecule has 0 saturated carbocycles. The first-order valence-electron chi connectivity index (χ1n) is 9.02. The number of carbonyl (C=O) groups is 2. The predicted octanol–water partition coefficient (Wildman–Crippen LogP) is 3.24.